The van der Waals surface area contributed by atoms with Gasteiger partial charge >= 0.3 is 11.9 Å². The van der Waals surface area contributed by atoms with Crippen LogP contribution in [0.5, 0.6) is 0 Å². The van der Waals surface area contributed by atoms with Crippen LogP contribution in [0.1, 0.15) is 25.7 Å². The monoisotopic (exact) mass is 604 g/mol. The molecule has 0 aliphatic heterocycles. The maximum atomic E-state index is 11.7. The van der Waals surface area contributed by atoms with E-state index >= 15 is 0 Å². The molecule has 0 heterocycles. The Balaban J connectivity index is 0.00000183. The number of nitrogens with one attached hydrogen (secondary N) is 1. The highest BCUT2D eigenvalue weighted by Crippen LogP contribution is 2.34. The van der Waals surface area contributed by atoms with Gasteiger partial charge in [0.15, 0.2) is 0 Å². The zero-order valence-corrected chi connectivity index (χ0v) is 27.1. The average Bonchev–Trinajstić information content (AvgIpc) is 2.98. The Hall–Kier alpha value is -2.26. The number of carbonyl (C=O) groups excluding carboxylic acids is 1. The SMILES string of the molecule is C=C(CCN(C)C1C(O)C(N(C)CCC(=O)OC)C(OC)C(N(C)CCC(=O)O)C1OC)OC.C=C(CCNC)OC. The molecular formula is C29H56N4O9. The van der Waals surface area contributed by atoms with E-state index in [4.69, 9.17) is 23.7 Å². The lowest BCUT2D eigenvalue weighted by molar-refractivity contribution is -0.186. The third-order valence-corrected chi connectivity index (χ3v) is 7.67. The minimum absolute atomic E-state index is 0.0422. The van der Waals surface area contributed by atoms with Gasteiger partial charge < -0.3 is 39.2 Å². The first kappa shape index (κ1) is 39.7. The molecule has 0 amide bonds. The number of carbonyl (C=O) groups is 2. The summed E-state index contributed by atoms with van der Waals surface area (Å²) >= 11 is 0. The summed E-state index contributed by atoms with van der Waals surface area (Å²) in [5.74, 6) is 0.217. The molecule has 0 bridgehead atoms. The van der Waals surface area contributed by atoms with Crippen molar-refractivity contribution in [3.8, 4) is 0 Å². The van der Waals surface area contributed by atoms with Crippen molar-refractivity contribution < 1.29 is 43.5 Å². The Kier molecular flexibility index (Phi) is 20.3. The summed E-state index contributed by atoms with van der Waals surface area (Å²) in [6, 6.07) is -1.29. The van der Waals surface area contributed by atoms with Gasteiger partial charge in [-0.15, -0.1) is 0 Å². The van der Waals surface area contributed by atoms with Crippen LogP contribution in [0.25, 0.3) is 0 Å². The number of carboxylic acids is 1. The van der Waals surface area contributed by atoms with E-state index in [1.807, 2.05) is 42.9 Å². The van der Waals surface area contributed by atoms with Crippen LogP contribution in [0.15, 0.2) is 24.7 Å². The first-order valence-corrected chi connectivity index (χ1v) is 14.1. The smallest absolute Gasteiger partial charge is 0.306 e. The highest BCUT2D eigenvalue weighted by molar-refractivity contribution is 5.69. The van der Waals surface area contributed by atoms with Crippen molar-refractivity contribution >= 4 is 11.9 Å². The van der Waals surface area contributed by atoms with Gasteiger partial charge in [0.05, 0.1) is 82.1 Å². The van der Waals surface area contributed by atoms with E-state index in [0.717, 1.165) is 18.7 Å². The second-order valence-corrected chi connectivity index (χ2v) is 10.4. The van der Waals surface area contributed by atoms with Crippen LogP contribution in [0, 0.1) is 0 Å². The van der Waals surface area contributed by atoms with Crippen molar-refractivity contribution in [2.45, 2.75) is 62.1 Å². The Morgan fingerprint density at radius 2 is 1.14 bits per heavy atom. The predicted octanol–water partition coefficient (Wildman–Crippen LogP) is 0.636. The first-order chi connectivity index (χ1) is 19.8. The summed E-state index contributed by atoms with van der Waals surface area (Å²) in [6.07, 6.45) is -0.296. The number of aliphatic hydroxyl groups is 1. The molecule has 0 aromatic rings. The fraction of sp³-hybridized carbons (Fsp3) is 0.793. The lowest BCUT2D eigenvalue weighted by atomic mass is 9.77. The molecule has 0 aromatic carbocycles. The van der Waals surface area contributed by atoms with Crippen LogP contribution in [0.3, 0.4) is 0 Å². The Morgan fingerprint density at radius 1 is 0.714 bits per heavy atom. The summed E-state index contributed by atoms with van der Waals surface area (Å²) < 4.78 is 26.6. The van der Waals surface area contributed by atoms with Crippen LogP contribution in [-0.4, -0.2) is 163 Å². The number of hydrogen-bond acceptors (Lipinski definition) is 12. The highest BCUT2D eigenvalue weighted by atomic mass is 16.5. The van der Waals surface area contributed by atoms with E-state index in [-0.39, 0.29) is 31.4 Å². The van der Waals surface area contributed by atoms with E-state index in [2.05, 4.69) is 18.5 Å². The highest BCUT2D eigenvalue weighted by Gasteiger charge is 2.54. The normalized spacial score (nSPS) is 23.7. The zero-order valence-electron chi connectivity index (χ0n) is 27.1. The topological polar surface area (TPSA) is 142 Å². The van der Waals surface area contributed by atoms with Crippen LogP contribution < -0.4 is 5.32 Å². The summed E-state index contributed by atoms with van der Waals surface area (Å²) in [5.41, 5.74) is 0. The quantitative estimate of drug-likeness (QED) is 0.140. The van der Waals surface area contributed by atoms with Crippen LogP contribution >= 0.6 is 0 Å². The molecule has 6 atom stereocenters. The van der Waals surface area contributed by atoms with Crippen LogP contribution in [0.4, 0.5) is 0 Å². The lowest BCUT2D eigenvalue weighted by Gasteiger charge is -2.55. The molecule has 1 fully saturated rings. The molecule has 0 saturated heterocycles. The molecule has 13 nitrogen and oxygen atoms in total. The van der Waals surface area contributed by atoms with Gasteiger partial charge in [-0.3, -0.25) is 24.3 Å². The third-order valence-electron chi connectivity index (χ3n) is 7.67. The number of aliphatic hydroxyl groups excluding tert-OH is 1. The standard InChI is InChI=1S/C23H43N3O8.C6H13NO/c1-15(31-5)9-12-24(2)18-21(30)19(25(3)14-11-17(29)32-6)23(34-8)20(22(18)33-7)26(4)13-10-16(27)28;1-6(8-3)4-5-7-2/h18-23,30H,1,9-14H2,2-8H3,(H,27,28);7H,1,4-5H2,2-3H3. The molecule has 0 aromatic heterocycles. The van der Waals surface area contributed by atoms with Crippen molar-refractivity contribution in [3.63, 3.8) is 0 Å². The first-order valence-electron chi connectivity index (χ1n) is 14.1. The number of hydrogen-bond donors (Lipinski definition) is 3. The van der Waals surface area contributed by atoms with Gasteiger partial charge in [-0.05, 0) is 28.2 Å². The van der Waals surface area contributed by atoms with Gasteiger partial charge in [-0.25, -0.2) is 0 Å². The van der Waals surface area contributed by atoms with Gasteiger partial charge in [0.2, 0.25) is 0 Å². The third kappa shape index (κ3) is 12.9. The van der Waals surface area contributed by atoms with Gasteiger partial charge in [-0.2, -0.15) is 0 Å². The molecule has 42 heavy (non-hydrogen) atoms. The van der Waals surface area contributed by atoms with Crippen LogP contribution in [0.2, 0.25) is 0 Å². The fourth-order valence-corrected chi connectivity index (χ4v) is 5.12. The molecule has 1 aliphatic carbocycles. The summed E-state index contributed by atoms with van der Waals surface area (Å²) in [7, 11) is 15.2. The molecule has 246 valence electrons. The fourth-order valence-electron chi connectivity index (χ4n) is 5.12. The second kappa shape index (κ2) is 21.4. The van der Waals surface area contributed by atoms with Gasteiger partial charge in [-0.1, -0.05) is 13.2 Å². The average molecular weight is 605 g/mol. The minimum Gasteiger partial charge on any atom is -0.502 e. The number of esters is 1. The number of likely N-dealkylation sites (N-methyl/N-ethyl adjacent to an activating group) is 3. The lowest BCUT2D eigenvalue weighted by Crippen LogP contribution is -2.74. The molecule has 1 rings (SSSR count). The molecule has 3 N–H and O–H groups in total. The summed E-state index contributed by atoms with van der Waals surface area (Å²) in [5, 5.41) is 23.8. The maximum Gasteiger partial charge on any atom is 0.306 e. The predicted molar refractivity (Wildman–Crippen MR) is 161 cm³/mol. The Morgan fingerprint density at radius 3 is 1.55 bits per heavy atom. The largest absolute Gasteiger partial charge is 0.502 e. The molecule has 6 unspecified atom stereocenters. The number of nitrogens with zero attached hydrogens (tertiary/aromatic N) is 3. The molecule has 1 aliphatic rings. The minimum atomic E-state index is -0.899. The number of rotatable bonds is 19. The van der Waals surface area contributed by atoms with E-state index in [9.17, 15) is 19.8 Å². The van der Waals surface area contributed by atoms with Crippen molar-refractivity contribution in [2.24, 2.45) is 0 Å². The van der Waals surface area contributed by atoms with Crippen molar-refractivity contribution in [1.29, 1.82) is 0 Å². The van der Waals surface area contributed by atoms with Gasteiger partial charge in [0.25, 0.3) is 0 Å². The Bertz CT molecular complexity index is 774. The van der Waals surface area contributed by atoms with E-state index in [1.165, 1.54) is 7.11 Å². The molecule has 0 spiro atoms. The second-order valence-electron chi connectivity index (χ2n) is 10.4. The number of carboxylic acid groups (broad SMARTS) is 1. The zero-order chi connectivity index (χ0) is 32.4. The maximum absolute atomic E-state index is 11.7. The summed E-state index contributed by atoms with van der Waals surface area (Å²) in [4.78, 5) is 28.8. The van der Waals surface area contributed by atoms with Gasteiger partial charge in [0.1, 0.15) is 0 Å². The molecule has 13 heteroatoms. The number of ether oxygens (including phenoxy) is 5. The molecule has 1 saturated carbocycles. The van der Waals surface area contributed by atoms with Gasteiger partial charge in [0, 0.05) is 53.2 Å². The molecule has 0 radical (unpaired) electrons. The van der Waals surface area contributed by atoms with Crippen LogP contribution in [-0.2, 0) is 33.3 Å². The number of aliphatic carboxylic acids is 1. The van der Waals surface area contributed by atoms with Crippen molar-refractivity contribution in [2.75, 3.05) is 89.9 Å². The molecular weight excluding hydrogens is 548 g/mol. The van der Waals surface area contributed by atoms with E-state index < -0.39 is 36.4 Å². The Labute approximate surface area is 252 Å². The summed E-state index contributed by atoms with van der Waals surface area (Å²) in [6.45, 7) is 9.66. The van der Waals surface area contributed by atoms with E-state index in [0.29, 0.717) is 25.3 Å². The number of methoxy groups -OCH3 is 5. The van der Waals surface area contributed by atoms with Crippen molar-refractivity contribution in [1.82, 2.24) is 20.0 Å². The van der Waals surface area contributed by atoms with E-state index in [1.54, 1.807) is 28.4 Å². The van der Waals surface area contributed by atoms with Crippen molar-refractivity contribution in [3.05, 3.63) is 24.7 Å².